The van der Waals surface area contributed by atoms with E-state index in [0.717, 1.165) is 46.2 Å². The number of nitrogens with zero attached hydrogens (tertiary/aromatic N) is 2. The number of amides is 1. The summed E-state index contributed by atoms with van der Waals surface area (Å²) in [6.45, 7) is 5.77. The number of methoxy groups -OCH3 is 1. The third kappa shape index (κ3) is 8.71. The van der Waals surface area contributed by atoms with Crippen molar-refractivity contribution in [2.24, 2.45) is 5.92 Å². The van der Waals surface area contributed by atoms with E-state index in [2.05, 4.69) is 10.3 Å². The Balaban J connectivity index is 1.09. The van der Waals surface area contributed by atoms with Crippen LogP contribution in [0.5, 0.6) is 11.5 Å². The second kappa shape index (κ2) is 16.9. The van der Waals surface area contributed by atoms with Gasteiger partial charge in [0.05, 0.1) is 33.2 Å². The zero-order valence-electron chi connectivity index (χ0n) is 30.5. The molecule has 278 valence electrons. The number of nitrogens with two attached hydrogens (primary N) is 1. The van der Waals surface area contributed by atoms with Crippen LogP contribution >= 0.6 is 0 Å². The fraction of sp³-hybridized carbons (Fsp3) is 0.279. The average molecular weight is 729 g/mol. The molecule has 5 aromatic rings. The van der Waals surface area contributed by atoms with Gasteiger partial charge in [0.1, 0.15) is 17.5 Å². The molecule has 0 aliphatic carbocycles. The molecule has 1 amide bonds. The minimum atomic E-state index is -0.473. The zero-order valence-corrected chi connectivity index (χ0v) is 30.5. The predicted molar refractivity (Wildman–Crippen MR) is 209 cm³/mol. The Hall–Kier alpha value is -5.75. The minimum absolute atomic E-state index is 0.0843. The highest BCUT2D eigenvalue weighted by Gasteiger charge is 2.20. The van der Waals surface area contributed by atoms with Crippen LogP contribution in [0.3, 0.4) is 0 Å². The number of anilines is 2. The lowest BCUT2D eigenvalue weighted by Crippen LogP contribution is -2.26. The molecule has 0 bridgehead atoms. The Morgan fingerprint density at radius 1 is 0.889 bits per heavy atom. The Bertz CT molecular complexity index is 2170. The van der Waals surface area contributed by atoms with Gasteiger partial charge in [0.15, 0.2) is 11.5 Å². The monoisotopic (exact) mass is 728 g/mol. The maximum absolute atomic E-state index is 13.8. The highest BCUT2D eigenvalue weighted by Crippen LogP contribution is 2.35. The number of rotatable bonds is 11. The summed E-state index contributed by atoms with van der Waals surface area (Å²) in [5, 5.41) is 2.94. The van der Waals surface area contributed by atoms with Gasteiger partial charge in [-0.2, -0.15) is 0 Å². The summed E-state index contributed by atoms with van der Waals surface area (Å²) >= 11 is 0. The van der Waals surface area contributed by atoms with E-state index in [1.54, 1.807) is 37.9 Å². The molecule has 3 aromatic carbocycles. The first-order valence-electron chi connectivity index (χ1n) is 18.1. The molecule has 2 fully saturated rings. The normalized spacial score (nSPS) is 16.3. The smallest absolute Gasteiger partial charge is 0.261 e. The molecule has 2 aliphatic rings. The number of hydrogen-bond acceptors (Lipinski definition) is 9. The number of pyridine rings is 2. The van der Waals surface area contributed by atoms with Crippen LogP contribution in [0.25, 0.3) is 33.4 Å². The van der Waals surface area contributed by atoms with Crippen LogP contribution in [-0.2, 0) is 20.8 Å². The molecule has 0 spiro atoms. The summed E-state index contributed by atoms with van der Waals surface area (Å²) in [4.78, 5) is 32.0. The van der Waals surface area contributed by atoms with Crippen molar-refractivity contribution >= 4 is 17.4 Å². The van der Waals surface area contributed by atoms with Gasteiger partial charge >= 0.3 is 0 Å². The maximum atomic E-state index is 13.8. The Morgan fingerprint density at radius 3 is 2.37 bits per heavy atom. The molecule has 0 saturated carbocycles. The number of aryl methyl sites for hydroxylation is 1. The van der Waals surface area contributed by atoms with E-state index >= 15 is 0 Å². The largest absolute Gasteiger partial charge is 0.493 e. The molecule has 7 rings (SSSR count). The molecular formula is C43H44N4O7. The lowest BCUT2D eigenvalue weighted by atomic mass is 9.99. The fourth-order valence-corrected chi connectivity index (χ4v) is 6.62. The Labute approximate surface area is 314 Å². The van der Waals surface area contributed by atoms with E-state index in [1.807, 2.05) is 84.4 Å². The van der Waals surface area contributed by atoms with Gasteiger partial charge in [-0.25, -0.2) is 4.98 Å². The summed E-state index contributed by atoms with van der Waals surface area (Å²) in [5.74, 6) is 1.39. The van der Waals surface area contributed by atoms with E-state index in [1.165, 1.54) is 0 Å². The number of aromatic nitrogens is 2. The second-order valence-corrected chi connectivity index (χ2v) is 13.5. The molecule has 1 atom stereocenters. The highest BCUT2D eigenvalue weighted by molar-refractivity contribution is 6.04. The topological polar surface area (TPSA) is 136 Å². The van der Waals surface area contributed by atoms with Crippen molar-refractivity contribution in [2.75, 3.05) is 51.2 Å². The van der Waals surface area contributed by atoms with Crippen molar-refractivity contribution in [2.45, 2.75) is 32.4 Å². The SMILES string of the molecule is COc1cc(-c2cnc(N)c(-c3ccc(NC(=O)c4cn(CC5CCOCC5)cc(-c5ccc(C)cc5)c4=O)cc3)c2)ccc1O/C=C/C1COCCO1. The number of carbonyl (C=O) groups is 1. The average Bonchev–Trinajstić information content (AvgIpc) is 3.20. The number of hydrogen-bond donors (Lipinski definition) is 2. The Morgan fingerprint density at radius 2 is 1.63 bits per heavy atom. The van der Waals surface area contributed by atoms with Crippen LogP contribution < -0.4 is 26.0 Å². The van der Waals surface area contributed by atoms with E-state index in [4.69, 9.17) is 29.4 Å². The van der Waals surface area contributed by atoms with Gasteiger partial charge in [0.2, 0.25) is 5.43 Å². The van der Waals surface area contributed by atoms with Gasteiger partial charge in [-0.15, -0.1) is 0 Å². The van der Waals surface area contributed by atoms with Crippen LogP contribution in [0.4, 0.5) is 11.5 Å². The van der Waals surface area contributed by atoms with Gasteiger partial charge in [-0.05, 0) is 78.8 Å². The Kier molecular flexibility index (Phi) is 11.5. The molecular weight excluding hydrogens is 684 g/mol. The molecule has 11 nitrogen and oxygen atoms in total. The molecule has 1 unspecified atom stereocenters. The van der Waals surface area contributed by atoms with Crippen LogP contribution in [0.15, 0.2) is 109 Å². The van der Waals surface area contributed by atoms with Crippen molar-refractivity contribution in [3.8, 4) is 44.9 Å². The number of ether oxygens (including phenoxy) is 5. The van der Waals surface area contributed by atoms with E-state index in [0.29, 0.717) is 74.1 Å². The third-order valence-corrected chi connectivity index (χ3v) is 9.70. The van der Waals surface area contributed by atoms with Gasteiger partial charge in [0, 0.05) is 60.7 Å². The second-order valence-electron chi connectivity index (χ2n) is 13.5. The van der Waals surface area contributed by atoms with Gasteiger partial charge < -0.3 is 39.3 Å². The molecule has 2 saturated heterocycles. The van der Waals surface area contributed by atoms with Crippen molar-refractivity contribution in [3.05, 3.63) is 125 Å². The fourth-order valence-electron chi connectivity index (χ4n) is 6.62. The van der Waals surface area contributed by atoms with Gasteiger partial charge in [-0.3, -0.25) is 9.59 Å². The molecule has 11 heteroatoms. The highest BCUT2D eigenvalue weighted by atomic mass is 16.6. The summed E-state index contributed by atoms with van der Waals surface area (Å²) in [6, 6.07) is 22.7. The van der Waals surface area contributed by atoms with E-state index in [9.17, 15) is 9.59 Å². The first-order chi connectivity index (χ1) is 26.3. The van der Waals surface area contributed by atoms with Crippen LogP contribution in [-0.4, -0.2) is 61.7 Å². The molecule has 54 heavy (non-hydrogen) atoms. The molecule has 0 radical (unpaired) electrons. The van der Waals surface area contributed by atoms with Crippen LogP contribution in [0.1, 0.15) is 28.8 Å². The summed E-state index contributed by atoms with van der Waals surface area (Å²) < 4.78 is 30.0. The van der Waals surface area contributed by atoms with Crippen molar-refractivity contribution in [1.82, 2.24) is 9.55 Å². The molecule has 3 N–H and O–H groups in total. The number of nitrogen functional groups attached to an aromatic ring is 1. The maximum Gasteiger partial charge on any atom is 0.261 e. The number of benzene rings is 3. The third-order valence-electron chi connectivity index (χ3n) is 9.70. The van der Waals surface area contributed by atoms with Crippen molar-refractivity contribution in [3.63, 3.8) is 0 Å². The summed E-state index contributed by atoms with van der Waals surface area (Å²) in [6.07, 6.45) is 10.4. The lowest BCUT2D eigenvalue weighted by Gasteiger charge is -2.23. The standard InChI is InChI=1S/C43H44N4O7/c1-28-3-5-31(6-4-28)37-25-47(24-29-13-16-51-17-14-29)26-38(41(37)48)43(49)46-34-10-7-30(8-11-34)36-21-33(23-45-42(36)44)32-9-12-39(40(22-32)50-2)54-18-15-35-27-52-19-20-53-35/h3-12,15,18,21-23,25-26,29,35H,13-14,16-17,19-20,24,27H2,1-2H3,(H2,44,45)(H,46,49)/b18-15+. The van der Waals surface area contributed by atoms with Gasteiger partial charge in [0.25, 0.3) is 5.91 Å². The molecule has 2 aromatic heterocycles. The van der Waals surface area contributed by atoms with E-state index < -0.39 is 5.91 Å². The van der Waals surface area contributed by atoms with Crippen LogP contribution in [0.2, 0.25) is 0 Å². The quantitative estimate of drug-likeness (QED) is 0.136. The van der Waals surface area contributed by atoms with Gasteiger partial charge in [-0.1, -0.05) is 48.0 Å². The molecule has 2 aliphatic heterocycles. The lowest BCUT2D eigenvalue weighted by molar-refractivity contribution is -0.0680. The van der Waals surface area contributed by atoms with Crippen LogP contribution in [0, 0.1) is 12.8 Å². The number of nitrogens with one attached hydrogen (secondary N) is 1. The predicted octanol–water partition coefficient (Wildman–Crippen LogP) is 7.13. The first-order valence-corrected chi connectivity index (χ1v) is 18.1. The molecule has 4 heterocycles. The summed E-state index contributed by atoms with van der Waals surface area (Å²) in [5.41, 5.74) is 12.3. The van der Waals surface area contributed by atoms with E-state index in [-0.39, 0.29) is 17.1 Å². The van der Waals surface area contributed by atoms with Crippen molar-refractivity contribution < 1.29 is 28.5 Å². The van der Waals surface area contributed by atoms with Crippen molar-refractivity contribution in [1.29, 1.82) is 0 Å². The first kappa shape index (κ1) is 36.6. The number of carbonyl (C=O) groups excluding carboxylic acids is 1. The summed E-state index contributed by atoms with van der Waals surface area (Å²) in [7, 11) is 1.59. The minimum Gasteiger partial charge on any atom is -0.493 e. The zero-order chi connectivity index (χ0) is 37.4.